The van der Waals surface area contributed by atoms with Crippen LogP contribution in [0.25, 0.3) is 0 Å². The summed E-state index contributed by atoms with van der Waals surface area (Å²) in [4.78, 5) is 12.4. The van der Waals surface area contributed by atoms with Crippen LogP contribution in [0.2, 0.25) is 0 Å². The highest BCUT2D eigenvalue weighted by Crippen LogP contribution is 2.50. The van der Waals surface area contributed by atoms with Gasteiger partial charge < -0.3 is 24.1 Å². The van der Waals surface area contributed by atoms with Crippen LogP contribution < -0.4 is 18.9 Å². The number of aromatic carboxylic acids is 1. The summed E-state index contributed by atoms with van der Waals surface area (Å²) in [5.74, 6) is 0.761. The second kappa shape index (κ2) is 9.14. The van der Waals surface area contributed by atoms with E-state index in [4.69, 9.17) is 24.0 Å². The van der Waals surface area contributed by atoms with Crippen molar-refractivity contribution in [2.75, 3.05) is 21.3 Å². The third-order valence-electron chi connectivity index (χ3n) is 6.23. The van der Waals surface area contributed by atoms with Crippen molar-refractivity contribution >= 4 is 27.6 Å². The van der Waals surface area contributed by atoms with E-state index in [1.54, 1.807) is 19.2 Å². The molecule has 2 heterocycles. The third-order valence-corrected chi connectivity index (χ3v) is 6.73. The van der Waals surface area contributed by atoms with Crippen LogP contribution in [-0.2, 0) is 0 Å². The first-order valence-corrected chi connectivity index (χ1v) is 11.7. The van der Waals surface area contributed by atoms with Gasteiger partial charge in [-0.1, -0.05) is 15.9 Å². The molecule has 3 aromatic rings. The summed E-state index contributed by atoms with van der Waals surface area (Å²) in [6.07, 6.45) is -0.152. The molecule has 35 heavy (non-hydrogen) atoms. The predicted octanol–water partition coefficient (Wildman–Crippen LogP) is 5.42. The fourth-order valence-corrected chi connectivity index (χ4v) is 4.97. The molecule has 3 aromatic carbocycles. The number of ether oxygens (including phenoxy) is 4. The fourth-order valence-electron chi connectivity index (χ4n) is 4.59. The number of hydrogen-bond donors (Lipinski definition) is 1. The van der Waals surface area contributed by atoms with E-state index in [9.17, 15) is 9.90 Å². The van der Waals surface area contributed by atoms with Gasteiger partial charge in [0.05, 0.1) is 33.1 Å². The van der Waals surface area contributed by atoms with E-state index < -0.39 is 12.2 Å². The van der Waals surface area contributed by atoms with Crippen LogP contribution in [0.3, 0.4) is 0 Å². The van der Waals surface area contributed by atoms with Crippen molar-refractivity contribution in [3.8, 4) is 23.0 Å². The first-order valence-electron chi connectivity index (χ1n) is 10.9. The number of carboxylic acid groups (broad SMARTS) is 1. The van der Waals surface area contributed by atoms with Crippen LogP contribution in [-0.4, -0.2) is 43.1 Å². The number of carbonyl (C=O) groups is 1. The first-order chi connectivity index (χ1) is 16.9. The van der Waals surface area contributed by atoms with Gasteiger partial charge in [-0.05, 0) is 60.2 Å². The number of methoxy groups -OCH3 is 3. The van der Waals surface area contributed by atoms with Gasteiger partial charge in [-0.3, -0.25) is 0 Å². The van der Waals surface area contributed by atoms with Crippen molar-refractivity contribution in [1.29, 1.82) is 0 Å². The van der Waals surface area contributed by atoms with Crippen LogP contribution in [0.15, 0.2) is 64.2 Å². The van der Waals surface area contributed by atoms with Gasteiger partial charge in [0.25, 0.3) is 0 Å². The summed E-state index contributed by atoms with van der Waals surface area (Å²) >= 11 is 3.56. The van der Waals surface area contributed by atoms with Gasteiger partial charge in [0, 0.05) is 22.0 Å². The van der Waals surface area contributed by atoms with Gasteiger partial charge >= 0.3 is 5.97 Å². The molecule has 0 unspecified atom stereocenters. The molecule has 180 valence electrons. The van der Waals surface area contributed by atoms with E-state index in [0.717, 1.165) is 27.1 Å². The van der Waals surface area contributed by atoms with Crippen molar-refractivity contribution in [1.82, 2.24) is 5.01 Å². The minimum absolute atomic E-state index is 0.0238. The number of benzene rings is 3. The lowest BCUT2D eigenvalue weighted by Gasteiger charge is -2.38. The number of carboxylic acids is 1. The molecule has 0 aromatic heterocycles. The highest BCUT2D eigenvalue weighted by molar-refractivity contribution is 9.10. The zero-order valence-electron chi connectivity index (χ0n) is 19.3. The van der Waals surface area contributed by atoms with Gasteiger partial charge in [0.1, 0.15) is 17.1 Å². The normalized spacial score (nSPS) is 18.2. The maximum absolute atomic E-state index is 12.4. The number of rotatable bonds is 6. The Labute approximate surface area is 210 Å². The van der Waals surface area contributed by atoms with Gasteiger partial charge in [-0.15, -0.1) is 0 Å². The summed E-state index contributed by atoms with van der Waals surface area (Å²) in [7, 11) is 4.51. The summed E-state index contributed by atoms with van der Waals surface area (Å²) in [6.45, 7) is 0. The molecular weight excluding hydrogens is 516 g/mol. The van der Waals surface area contributed by atoms with Crippen molar-refractivity contribution in [3.63, 3.8) is 0 Å². The third kappa shape index (κ3) is 3.95. The molecule has 9 heteroatoms. The highest BCUT2D eigenvalue weighted by atomic mass is 79.9. The Balaban J connectivity index is 1.66. The lowest BCUT2D eigenvalue weighted by molar-refractivity contribution is -0.0199. The first kappa shape index (κ1) is 23.0. The van der Waals surface area contributed by atoms with Crippen LogP contribution in [0, 0.1) is 0 Å². The maximum Gasteiger partial charge on any atom is 0.340 e. The largest absolute Gasteiger partial charge is 0.497 e. The molecule has 5 rings (SSSR count). The SMILES string of the molecule is COc1ccc(C2=NN3[C@@H](C2)c2cc(Br)ccc2O[C@H]3c2ccc(OC)c(OC)c2C(=O)O)cc1. The second-order valence-corrected chi connectivity index (χ2v) is 9.01. The smallest absolute Gasteiger partial charge is 0.340 e. The molecule has 0 amide bonds. The van der Waals surface area contributed by atoms with Crippen LogP contribution in [0.4, 0.5) is 0 Å². The Morgan fingerprint density at radius 1 is 1.03 bits per heavy atom. The van der Waals surface area contributed by atoms with E-state index in [0.29, 0.717) is 23.5 Å². The van der Waals surface area contributed by atoms with E-state index in [2.05, 4.69) is 15.9 Å². The lowest BCUT2D eigenvalue weighted by atomic mass is 9.95. The van der Waals surface area contributed by atoms with Gasteiger partial charge in [0.2, 0.25) is 6.23 Å². The minimum atomic E-state index is -1.14. The molecule has 1 N–H and O–H groups in total. The standard InChI is InChI=1S/C26H23BrN2O6/c1-32-16-7-4-14(5-8-16)19-13-20-18-12-15(27)6-10-21(18)35-25(29(20)28-19)17-9-11-22(33-2)24(34-3)23(17)26(30)31/h4-12,20,25H,13H2,1-3H3,(H,30,31)/t20-,25-/m0/s1. The second-order valence-electron chi connectivity index (χ2n) is 8.10. The van der Waals surface area contributed by atoms with E-state index in [-0.39, 0.29) is 17.4 Å². The molecule has 2 aliphatic heterocycles. The average molecular weight is 539 g/mol. The topological polar surface area (TPSA) is 89.8 Å². The summed E-state index contributed by atoms with van der Waals surface area (Å²) in [5, 5.41) is 16.9. The zero-order chi connectivity index (χ0) is 24.7. The van der Waals surface area contributed by atoms with Crippen molar-refractivity contribution in [2.24, 2.45) is 5.10 Å². The van der Waals surface area contributed by atoms with Crippen molar-refractivity contribution in [3.05, 3.63) is 81.3 Å². The van der Waals surface area contributed by atoms with Crippen molar-refractivity contribution < 1.29 is 28.8 Å². The van der Waals surface area contributed by atoms with Crippen LogP contribution in [0.1, 0.15) is 45.7 Å². The van der Waals surface area contributed by atoms with E-state index >= 15 is 0 Å². The number of hydrazone groups is 1. The van der Waals surface area contributed by atoms with E-state index in [1.165, 1.54) is 14.2 Å². The molecule has 0 radical (unpaired) electrons. The average Bonchev–Trinajstić information content (AvgIpc) is 3.33. The molecule has 0 saturated heterocycles. The van der Waals surface area contributed by atoms with Crippen LogP contribution in [0.5, 0.6) is 23.0 Å². The van der Waals surface area contributed by atoms with Crippen LogP contribution >= 0.6 is 15.9 Å². The molecule has 0 spiro atoms. The molecule has 0 fully saturated rings. The Bertz CT molecular complexity index is 1320. The van der Waals surface area contributed by atoms with Gasteiger partial charge in [-0.2, -0.15) is 5.10 Å². The summed E-state index contributed by atoms with van der Waals surface area (Å²) < 4.78 is 23.4. The Hall–Kier alpha value is -3.72. The molecule has 2 aliphatic rings. The molecular formula is C26H23BrN2O6. The molecule has 0 saturated carbocycles. The van der Waals surface area contributed by atoms with Gasteiger partial charge in [0.15, 0.2) is 11.5 Å². The Kier molecular flexibility index (Phi) is 6.02. The number of fused-ring (bicyclic) bond motifs is 3. The quantitative estimate of drug-likeness (QED) is 0.448. The number of nitrogens with zero attached hydrogens (tertiary/aromatic N) is 2. The van der Waals surface area contributed by atoms with Gasteiger partial charge in [-0.25, -0.2) is 9.80 Å². The zero-order valence-corrected chi connectivity index (χ0v) is 20.9. The molecule has 8 nitrogen and oxygen atoms in total. The lowest BCUT2D eigenvalue weighted by Crippen LogP contribution is -2.34. The minimum Gasteiger partial charge on any atom is -0.497 e. The summed E-state index contributed by atoms with van der Waals surface area (Å²) in [6, 6.07) is 16.7. The number of halogens is 1. The monoisotopic (exact) mass is 538 g/mol. The fraction of sp³-hybridized carbons (Fsp3) is 0.231. The van der Waals surface area contributed by atoms with Crippen molar-refractivity contribution in [2.45, 2.75) is 18.7 Å². The maximum atomic E-state index is 12.4. The highest BCUT2D eigenvalue weighted by Gasteiger charge is 2.43. The molecule has 2 atom stereocenters. The van der Waals surface area contributed by atoms with E-state index in [1.807, 2.05) is 47.5 Å². The number of hydrogen-bond acceptors (Lipinski definition) is 7. The Morgan fingerprint density at radius 2 is 1.80 bits per heavy atom. The molecule has 0 aliphatic carbocycles. The Morgan fingerprint density at radius 3 is 2.46 bits per heavy atom. The molecule has 0 bridgehead atoms. The predicted molar refractivity (Wildman–Crippen MR) is 133 cm³/mol. The summed E-state index contributed by atoms with van der Waals surface area (Å²) in [5.41, 5.74) is 3.20.